The number of benzene rings is 1. The summed E-state index contributed by atoms with van der Waals surface area (Å²) in [6.07, 6.45) is 1.84. The van der Waals surface area contributed by atoms with E-state index >= 15 is 0 Å². The molecule has 1 aromatic carbocycles. The average molecular weight is 320 g/mol. The maximum atomic E-state index is 12.2. The van der Waals surface area contributed by atoms with Gasteiger partial charge in [0.25, 0.3) is 0 Å². The van der Waals surface area contributed by atoms with Crippen LogP contribution in [0.25, 0.3) is 0 Å². The Hall–Kier alpha value is -2.08. The minimum Gasteiger partial charge on any atom is -0.481 e. The number of amides is 2. The first-order chi connectivity index (χ1) is 11.0. The molecule has 1 saturated heterocycles. The molecule has 0 saturated carbocycles. The van der Waals surface area contributed by atoms with Gasteiger partial charge in [0.1, 0.15) is 0 Å². The Morgan fingerprint density at radius 3 is 2.70 bits per heavy atom. The van der Waals surface area contributed by atoms with E-state index in [4.69, 9.17) is 9.84 Å². The molecule has 126 valence electrons. The van der Waals surface area contributed by atoms with Crippen molar-refractivity contribution in [2.45, 2.75) is 50.8 Å². The number of carbonyl (C=O) groups is 2. The number of rotatable bonds is 7. The molecule has 2 amide bonds. The first kappa shape index (κ1) is 17.3. The third-order valence-corrected chi connectivity index (χ3v) is 4.06. The van der Waals surface area contributed by atoms with Crippen LogP contribution in [-0.4, -0.2) is 41.9 Å². The van der Waals surface area contributed by atoms with Gasteiger partial charge in [-0.25, -0.2) is 4.79 Å². The molecule has 3 N–H and O–H groups in total. The summed E-state index contributed by atoms with van der Waals surface area (Å²) in [6.45, 7) is 2.59. The molecule has 1 heterocycles. The van der Waals surface area contributed by atoms with Gasteiger partial charge in [0.15, 0.2) is 0 Å². The van der Waals surface area contributed by atoms with Crippen LogP contribution in [0.4, 0.5) is 4.79 Å². The molecule has 3 unspecified atom stereocenters. The fourth-order valence-corrected chi connectivity index (χ4v) is 2.74. The van der Waals surface area contributed by atoms with Gasteiger partial charge in [-0.2, -0.15) is 0 Å². The van der Waals surface area contributed by atoms with Crippen molar-refractivity contribution in [2.24, 2.45) is 0 Å². The Labute approximate surface area is 136 Å². The van der Waals surface area contributed by atoms with Crippen LogP contribution < -0.4 is 10.6 Å². The SMILES string of the molecule is CC1OCCC1NC(=O)NC(CCC(=O)O)Cc1ccccc1. The van der Waals surface area contributed by atoms with Crippen molar-refractivity contribution < 1.29 is 19.4 Å². The molecule has 0 radical (unpaired) electrons. The lowest BCUT2D eigenvalue weighted by Gasteiger charge is -2.22. The standard InChI is InChI=1S/C17H24N2O4/c1-12-15(9-10-23-12)19-17(22)18-14(7-8-16(20)21)11-13-5-3-2-4-6-13/h2-6,12,14-15H,7-11H2,1H3,(H,20,21)(H2,18,19,22). The van der Waals surface area contributed by atoms with Gasteiger partial charge in [0.05, 0.1) is 12.1 Å². The lowest BCUT2D eigenvalue weighted by Crippen LogP contribution is -2.48. The number of aliphatic carboxylic acids is 1. The van der Waals surface area contributed by atoms with Crippen LogP contribution in [0.2, 0.25) is 0 Å². The molecule has 1 aliphatic heterocycles. The number of carboxylic acids is 1. The highest BCUT2D eigenvalue weighted by Gasteiger charge is 2.26. The van der Waals surface area contributed by atoms with Crippen molar-refractivity contribution in [2.75, 3.05) is 6.61 Å². The molecule has 3 atom stereocenters. The van der Waals surface area contributed by atoms with Crippen LogP contribution in [0.15, 0.2) is 30.3 Å². The third kappa shape index (κ3) is 5.90. The second-order valence-electron chi connectivity index (χ2n) is 5.91. The van der Waals surface area contributed by atoms with Gasteiger partial charge in [-0.3, -0.25) is 4.79 Å². The predicted octanol–water partition coefficient (Wildman–Crippen LogP) is 1.94. The number of hydrogen-bond acceptors (Lipinski definition) is 3. The number of nitrogens with one attached hydrogen (secondary N) is 2. The maximum absolute atomic E-state index is 12.2. The number of hydrogen-bond donors (Lipinski definition) is 3. The number of carbonyl (C=O) groups excluding carboxylic acids is 1. The fourth-order valence-electron chi connectivity index (χ4n) is 2.74. The lowest BCUT2D eigenvalue weighted by molar-refractivity contribution is -0.137. The van der Waals surface area contributed by atoms with E-state index in [2.05, 4.69) is 10.6 Å². The monoisotopic (exact) mass is 320 g/mol. The Morgan fingerprint density at radius 2 is 2.09 bits per heavy atom. The zero-order chi connectivity index (χ0) is 16.7. The molecule has 0 aliphatic carbocycles. The Kier molecular flexibility index (Phi) is 6.40. The molecule has 23 heavy (non-hydrogen) atoms. The van der Waals surface area contributed by atoms with Gasteiger partial charge in [-0.1, -0.05) is 30.3 Å². The second kappa shape index (κ2) is 8.53. The first-order valence-electron chi connectivity index (χ1n) is 7.99. The van der Waals surface area contributed by atoms with Crippen molar-refractivity contribution in [3.8, 4) is 0 Å². The summed E-state index contributed by atoms with van der Waals surface area (Å²) in [6, 6.07) is 9.26. The molecule has 6 heteroatoms. The molecule has 1 aliphatic rings. The third-order valence-electron chi connectivity index (χ3n) is 4.06. The van der Waals surface area contributed by atoms with Gasteiger partial charge in [0, 0.05) is 19.1 Å². The van der Waals surface area contributed by atoms with E-state index < -0.39 is 5.97 Å². The molecule has 6 nitrogen and oxygen atoms in total. The van der Waals surface area contributed by atoms with Gasteiger partial charge in [-0.15, -0.1) is 0 Å². The first-order valence-corrected chi connectivity index (χ1v) is 7.99. The van der Waals surface area contributed by atoms with Gasteiger partial charge in [0.2, 0.25) is 0 Å². The van der Waals surface area contributed by atoms with Crippen molar-refractivity contribution in [3.05, 3.63) is 35.9 Å². The van der Waals surface area contributed by atoms with E-state index in [1.165, 1.54) is 0 Å². The number of urea groups is 1. The summed E-state index contributed by atoms with van der Waals surface area (Å²) >= 11 is 0. The quantitative estimate of drug-likeness (QED) is 0.716. The van der Waals surface area contributed by atoms with E-state index in [9.17, 15) is 9.59 Å². The van der Waals surface area contributed by atoms with E-state index in [0.717, 1.165) is 12.0 Å². The van der Waals surface area contributed by atoms with E-state index in [1.807, 2.05) is 37.3 Å². The van der Waals surface area contributed by atoms with Crippen molar-refractivity contribution in [1.29, 1.82) is 0 Å². The number of ether oxygens (including phenoxy) is 1. The summed E-state index contributed by atoms with van der Waals surface area (Å²) in [5, 5.41) is 14.7. The van der Waals surface area contributed by atoms with Crippen LogP contribution >= 0.6 is 0 Å². The van der Waals surface area contributed by atoms with Gasteiger partial charge < -0.3 is 20.5 Å². The lowest BCUT2D eigenvalue weighted by atomic mass is 10.0. The topological polar surface area (TPSA) is 87.7 Å². The highest BCUT2D eigenvalue weighted by atomic mass is 16.5. The summed E-state index contributed by atoms with van der Waals surface area (Å²) in [5.41, 5.74) is 1.07. The average Bonchev–Trinajstić information content (AvgIpc) is 2.91. The van der Waals surface area contributed by atoms with Crippen LogP contribution in [0, 0.1) is 0 Å². The van der Waals surface area contributed by atoms with Crippen molar-refractivity contribution in [3.63, 3.8) is 0 Å². The van der Waals surface area contributed by atoms with E-state index in [1.54, 1.807) is 0 Å². The fraction of sp³-hybridized carbons (Fsp3) is 0.529. The summed E-state index contributed by atoms with van der Waals surface area (Å²) in [5.74, 6) is -0.858. The minimum atomic E-state index is -0.858. The smallest absolute Gasteiger partial charge is 0.315 e. The second-order valence-corrected chi connectivity index (χ2v) is 5.91. The highest BCUT2D eigenvalue weighted by Crippen LogP contribution is 2.13. The van der Waals surface area contributed by atoms with Gasteiger partial charge in [-0.05, 0) is 31.7 Å². The van der Waals surface area contributed by atoms with Crippen LogP contribution in [0.1, 0.15) is 31.7 Å². The predicted molar refractivity (Wildman–Crippen MR) is 86.3 cm³/mol. The van der Waals surface area contributed by atoms with E-state index in [0.29, 0.717) is 19.4 Å². The van der Waals surface area contributed by atoms with Crippen molar-refractivity contribution in [1.82, 2.24) is 10.6 Å². The highest BCUT2D eigenvalue weighted by molar-refractivity contribution is 5.75. The summed E-state index contributed by atoms with van der Waals surface area (Å²) in [4.78, 5) is 23.0. The number of carboxylic acid groups (broad SMARTS) is 1. The van der Waals surface area contributed by atoms with Crippen molar-refractivity contribution >= 4 is 12.0 Å². The summed E-state index contributed by atoms with van der Waals surface area (Å²) in [7, 11) is 0. The Balaban J connectivity index is 1.90. The van der Waals surface area contributed by atoms with Crippen LogP contribution in [-0.2, 0) is 16.0 Å². The maximum Gasteiger partial charge on any atom is 0.315 e. The molecular weight excluding hydrogens is 296 g/mol. The zero-order valence-electron chi connectivity index (χ0n) is 13.3. The molecular formula is C17H24N2O4. The van der Waals surface area contributed by atoms with Crippen LogP contribution in [0.5, 0.6) is 0 Å². The normalized spacial score (nSPS) is 21.6. The zero-order valence-corrected chi connectivity index (χ0v) is 13.3. The molecule has 1 fully saturated rings. The molecule has 0 aromatic heterocycles. The molecule has 1 aromatic rings. The Bertz CT molecular complexity index is 521. The molecule has 0 spiro atoms. The Morgan fingerprint density at radius 1 is 1.35 bits per heavy atom. The van der Waals surface area contributed by atoms with E-state index in [-0.39, 0.29) is 30.6 Å². The van der Waals surface area contributed by atoms with Crippen LogP contribution in [0.3, 0.4) is 0 Å². The molecule has 0 bridgehead atoms. The minimum absolute atomic E-state index is 0.00634. The summed E-state index contributed by atoms with van der Waals surface area (Å²) < 4.78 is 5.43. The molecule has 2 rings (SSSR count). The van der Waals surface area contributed by atoms with Gasteiger partial charge >= 0.3 is 12.0 Å². The largest absolute Gasteiger partial charge is 0.481 e.